The minimum atomic E-state index is 0.0620. The highest BCUT2D eigenvalue weighted by molar-refractivity contribution is 5.79. The first-order valence-corrected chi connectivity index (χ1v) is 8.98. The van der Waals surface area contributed by atoms with E-state index in [4.69, 9.17) is 4.98 Å². The SMILES string of the molecule is CC1(C)CCc2nc3cc(C#Cc4ccccn4)ccc3c(=O)n2CC1. The van der Waals surface area contributed by atoms with E-state index in [1.54, 1.807) is 6.20 Å². The molecule has 1 aliphatic rings. The summed E-state index contributed by atoms with van der Waals surface area (Å²) in [5.74, 6) is 7.06. The van der Waals surface area contributed by atoms with E-state index in [9.17, 15) is 4.79 Å². The number of aromatic nitrogens is 3. The molecule has 0 bridgehead atoms. The van der Waals surface area contributed by atoms with Gasteiger partial charge in [-0.3, -0.25) is 9.36 Å². The molecule has 0 radical (unpaired) electrons. The molecular weight excluding hydrogens is 322 g/mol. The predicted molar refractivity (Wildman–Crippen MR) is 103 cm³/mol. The first kappa shape index (κ1) is 16.5. The maximum Gasteiger partial charge on any atom is 0.261 e. The lowest BCUT2D eigenvalue weighted by Crippen LogP contribution is -2.24. The second kappa shape index (κ2) is 6.42. The van der Waals surface area contributed by atoms with Crippen LogP contribution in [-0.4, -0.2) is 14.5 Å². The molecule has 0 N–H and O–H groups in total. The average Bonchev–Trinajstić information content (AvgIpc) is 2.79. The third-order valence-electron chi connectivity index (χ3n) is 5.07. The van der Waals surface area contributed by atoms with Crippen molar-refractivity contribution in [3.8, 4) is 11.8 Å². The van der Waals surface area contributed by atoms with Gasteiger partial charge in [-0.2, -0.15) is 0 Å². The van der Waals surface area contributed by atoms with Gasteiger partial charge >= 0.3 is 0 Å². The zero-order chi connectivity index (χ0) is 18.1. The second-order valence-corrected chi connectivity index (χ2v) is 7.60. The van der Waals surface area contributed by atoms with Crippen LogP contribution in [0.5, 0.6) is 0 Å². The summed E-state index contributed by atoms with van der Waals surface area (Å²) in [6.07, 6.45) is 4.61. The molecule has 3 aromatic rings. The molecule has 0 unspecified atom stereocenters. The summed E-state index contributed by atoms with van der Waals surface area (Å²) >= 11 is 0. The Morgan fingerprint density at radius 3 is 2.81 bits per heavy atom. The minimum Gasteiger partial charge on any atom is -0.296 e. The van der Waals surface area contributed by atoms with E-state index in [1.807, 2.05) is 41.0 Å². The van der Waals surface area contributed by atoms with E-state index >= 15 is 0 Å². The van der Waals surface area contributed by atoms with Crippen LogP contribution in [0.4, 0.5) is 0 Å². The summed E-state index contributed by atoms with van der Waals surface area (Å²) in [7, 11) is 0. The number of pyridine rings is 1. The zero-order valence-electron chi connectivity index (χ0n) is 15.1. The van der Waals surface area contributed by atoms with Gasteiger partial charge in [0.25, 0.3) is 5.56 Å². The first-order chi connectivity index (χ1) is 12.5. The number of fused-ring (bicyclic) bond motifs is 2. The Bertz CT molecular complexity index is 1090. The van der Waals surface area contributed by atoms with E-state index in [0.717, 1.165) is 48.4 Å². The fraction of sp³-hybridized carbons (Fsp3) is 0.318. The lowest BCUT2D eigenvalue weighted by molar-refractivity contribution is 0.307. The summed E-state index contributed by atoms with van der Waals surface area (Å²) in [6, 6.07) is 11.3. The summed E-state index contributed by atoms with van der Waals surface area (Å²) in [4.78, 5) is 21.9. The van der Waals surface area contributed by atoms with Crippen LogP contribution in [0.15, 0.2) is 47.4 Å². The van der Waals surface area contributed by atoms with E-state index in [1.165, 1.54) is 0 Å². The summed E-state index contributed by atoms with van der Waals surface area (Å²) in [5.41, 5.74) is 2.60. The van der Waals surface area contributed by atoms with Gasteiger partial charge in [0.2, 0.25) is 0 Å². The maximum atomic E-state index is 12.9. The molecule has 1 aliphatic heterocycles. The van der Waals surface area contributed by atoms with Crippen LogP contribution in [-0.2, 0) is 13.0 Å². The van der Waals surface area contributed by atoms with Crippen molar-refractivity contribution in [3.05, 3.63) is 70.0 Å². The minimum absolute atomic E-state index is 0.0620. The Morgan fingerprint density at radius 2 is 2.00 bits per heavy atom. The Morgan fingerprint density at radius 1 is 1.12 bits per heavy atom. The van der Waals surface area contributed by atoms with Gasteiger partial charge < -0.3 is 0 Å². The topological polar surface area (TPSA) is 47.8 Å². The third-order valence-corrected chi connectivity index (χ3v) is 5.07. The average molecular weight is 343 g/mol. The van der Waals surface area contributed by atoms with E-state index in [-0.39, 0.29) is 11.0 Å². The molecule has 0 fully saturated rings. The lowest BCUT2D eigenvalue weighted by Gasteiger charge is -2.20. The monoisotopic (exact) mass is 343 g/mol. The molecule has 0 amide bonds. The van der Waals surface area contributed by atoms with Crippen LogP contribution in [0.2, 0.25) is 0 Å². The molecule has 0 saturated carbocycles. The van der Waals surface area contributed by atoms with Crippen LogP contribution in [0.3, 0.4) is 0 Å². The molecule has 2 aromatic heterocycles. The largest absolute Gasteiger partial charge is 0.296 e. The number of nitrogens with zero attached hydrogens (tertiary/aromatic N) is 3. The van der Waals surface area contributed by atoms with Crippen molar-refractivity contribution in [1.82, 2.24) is 14.5 Å². The summed E-state index contributed by atoms with van der Waals surface area (Å²) in [6.45, 7) is 5.26. The molecule has 3 heterocycles. The highest BCUT2D eigenvalue weighted by atomic mass is 16.1. The Kier molecular flexibility index (Phi) is 4.08. The van der Waals surface area contributed by atoms with Gasteiger partial charge in [-0.25, -0.2) is 9.97 Å². The van der Waals surface area contributed by atoms with Crippen LogP contribution in [0.1, 0.15) is 43.8 Å². The van der Waals surface area contributed by atoms with E-state index in [2.05, 4.69) is 30.7 Å². The maximum absolute atomic E-state index is 12.9. The third kappa shape index (κ3) is 3.25. The number of aryl methyl sites for hydroxylation is 1. The highest BCUT2D eigenvalue weighted by Gasteiger charge is 2.24. The molecule has 4 rings (SSSR count). The Labute approximate surface area is 152 Å². The molecule has 130 valence electrons. The van der Waals surface area contributed by atoms with Crippen molar-refractivity contribution >= 4 is 10.9 Å². The fourth-order valence-corrected chi connectivity index (χ4v) is 3.33. The van der Waals surface area contributed by atoms with E-state index in [0.29, 0.717) is 5.39 Å². The normalized spacial score (nSPS) is 15.6. The molecule has 0 aliphatic carbocycles. The van der Waals surface area contributed by atoms with E-state index < -0.39 is 0 Å². The van der Waals surface area contributed by atoms with Crippen molar-refractivity contribution in [2.24, 2.45) is 5.41 Å². The van der Waals surface area contributed by atoms with Crippen molar-refractivity contribution in [1.29, 1.82) is 0 Å². The molecule has 26 heavy (non-hydrogen) atoms. The Hall–Kier alpha value is -2.93. The standard InChI is InChI=1S/C22H21N3O/c1-22(2)11-10-20-24-19-15-16(6-8-17-5-3-4-13-23-17)7-9-18(19)21(26)25(20)14-12-22/h3-5,7,9,13,15H,10-12,14H2,1-2H3. The van der Waals surface area contributed by atoms with Crippen molar-refractivity contribution in [3.63, 3.8) is 0 Å². The Balaban J connectivity index is 1.76. The highest BCUT2D eigenvalue weighted by Crippen LogP contribution is 2.30. The van der Waals surface area contributed by atoms with Crippen LogP contribution in [0.25, 0.3) is 10.9 Å². The predicted octanol–water partition coefficient (Wildman–Crippen LogP) is 3.55. The van der Waals surface area contributed by atoms with Gasteiger partial charge in [-0.15, -0.1) is 0 Å². The summed E-state index contributed by atoms with van der Waals surface area (Å²) < 4.78 is 1.86. The van der Waals surface area contributed by atoms with Crippen LogP contribution in [0, 0.1) is 17.3 Å². The molecule has 0 atom stereocenters. The van der Waals surface area contributed by atoms with Crippen LogP contribution < -0.4 is 5.56 Å². The van der Waals surface area contributed by atoms with Crippen molar-refractivity contribution in [2.45, 2.75) is 39.7 Å². The molecule has 1 aromatic carbocycles. The van der Waals surface area contributed by atoms with Gasteiger partial charge in [0.15, 0.2) is 0 Å². The number of rotatable bonds is 0. The number of hydrogen-bond acceptors (Lipinski definition) is 3. The van der Waals surface area contributed by atoms with Gasteiger partial charge in [0, 0.05) is 24.7 Å². The van der Waals surface area contributed by atoms with Gasteiger partial charge in [-0.05, 0) is 54.5 Å². The lowest BCUT2D eigenvalue weighted by atomic mass is 9.85. The smallest absolute Gasteiger partial charge is 0.261 e. The molecule has 0 saturated heterocycles. The fourth-order valence-electron chi connectivity index (χ4n) is 3.33. The molecule has 4 heteroatoms. The van der Waals surface area contributed by atoms with Gasteiger partial charge in [-0.1, -0.05) is 25.8 Å². The second-order valence-electron chi connectivity index (χ2n) is 7.60. The molecule has 4 nitrogen and oxygen atoms in total. The number of hydrogen-bond donors (Lipinski definition) is 0. The van der Waals surface area contributed by atoms with Crippen molar-refractivity contribution < 1.29 is 0 Å². The van der Waals surface area contributed by atoms with Crippen molar-refractivity contribution in [2.75, 3.05) is 0 Å². The number of benzene rings is 1. The van der Waals surface area contributed by atoms with Gasteiger partial charge in [0.05, 0.1) is 10.9 Å². The van der Waals surface area contributed by atoms with Gasteiger partial charge in [0.1, 0.15) is 11.5 Å². The quantitative estimate of drug-likeness (QED) is 0.587. The summed E-state index contributed by atoms with van der Waals surface area (Å²) in [5, 5.41) is 0.664. The zero-order valence-corrected chi connectivity index (χ0v) is 15.1. The van der Waals surface area contributed by atoms with Crippen LogP contribution >= 0.6 is 0 Å². The molecule has 0 spiro atoms. The molecular formula is C22H21N3O. The first-order valence-electron chi connectivity index (χ1n) is 8.98.